The standard InChI is InChI=1S/C13H18N4O/c1-3-18-12-7-5-4-6-10(12)13(15-14)11-8-9-17(2)16-11/h4-9,13,15H,3,14H2,1-2H3. The van der Waals surface area contributed by atoms with E-state index in [0.29, 0.717) is 6.61 Å². The minimum atomic E-state index is -0.172. The second-order valence-corrected chi connectivity index (χ2v) is 3.98. The molecule has 0 aliphatic carbocycles. The van der Waals surface area contributed by atoms with E-state index in [1.54, 1.807) is 4.68 Å². The van der Waals surface area contributed by atoms with Gasteiger partial charge in [0.1, 0.15) is 5.75 Å². The fraction of sp³-hybridized carbons (Fsp3) is 0.308. The van der Waals surface area contributed by atoms with Crippen LogP contribution in [0.4, 0.5) is 0 Å². The molecule has 2 rings (SSSR count). The fourth-order valence-electron chi connectivity index (χ4n) is 1.93. The highest BCUT2D eigenvalue weighted by atomic mass is 16.5. The number of ether oxygens (including phenoxy) is 1. The van der Waals surface area contributed by atoms with Crippen molar-refractivity contribution in [2.24, 2.45) is 12.9 Å². The van der Waals surface area contributed by atoms with Crippen LogP contribution in [0.25, 0.3) is 0 Å². The molecule has 0 bridgehead atoms. The number of rotatable bonds is 5. The summed E-state index contributed by atoms with van der Waals surface area (Å²) in [4.78, 5) is 0. The third-order valence-electron chi connectivity index (χ3n) is 2.73. The summed E-state index contributed by atoms with van der Waals surface area (Å²) in [6.45, 7) is 2.58. The highest BCUT2D eigenvalue weighted by Gasteiger charge is 2.18. The maximum absolute atomic E-state index is 5.66. The average Bonchev–Trinajstić information content (AvgIpc) is 2.79. The number of benzene rings is 1. The molecule has 1 aromatic heterocycles. The Morgan fingerprint density at radius 2 is 2.17 bits per heavy atom. The van der Waals surface area contributed by atoms with Gasteiger partial charge < -0.3 is 4.74 Å². The number of hydrogen-bond acceptors (Lipinski definition) is 4. The maximum Gasteiger partial charge on any atom is 0.124 e. The largest absolute Gasteiger partial charge is 0.494 e. The Bertz CT molecular complexity index is 509. The van der Waals surface area contributed by atoms with Gasteiger partial charge in [-0.1, -0.05) is 18.2 Å². The lowest BCUT2D eigenvalue weighted by Gasteiger charge is -2.17. The van der Waals surface area contributed by atoms with Crippen LogP contribution in [0, 0.1) is 0 Å². The molecule has 2 aromatic rings. The molecule has 5 heteroatoms. The highest BCUT2D eigenvalue weighted by molar-refractivity contribution is 5.39. The predicted octanol–water partition coefficient (Wildman–Crippen LogP) is 1.37. The van der Waals surface area contributed by atoms with Crippen LogP contribution in [-0.2, 0) is 7.05 Å². The maximum atomic E-state index is 5.66. The van der Waals surface area contributed by atoms with Crippen molar-refractivity contribution in [2.45, 2.75) is 13.0 Å². The number of nitrogens with one attached hydrogen (secondary N) is 1. The lowest BCUT2D eigenvalue weighted by molar-refractivity contribution is 0.333. The van der Waals surface area contributed by atoms with Crippen molar-refractivity contribution in [1.82, 2.24) is 15.2 Å². The van der Waals surface area contributed by atoms with Gasteiger partial charge in [0, 0.05) is 18.8 Å². The first kappa shape index (κ1) is 12.6. The number of aromatic nitrogens is 2. The predicted molar refractivity (Wildman–Crippen MR) is 70.0 cm³/mol. The molecule has 0 aliphatic rings. The lowest BCUT2D eigenvalue weighted by atomic mass is 10.0. The monoisotopic (exact) mass is 246 g/mol. The molecule has 0 saturated carbocycles. The summed E-state index contributed by atoms with van der Waals surface area (Å²) in [7, 11) is 1.88. The van der Waals surface area contributed by atoms with Crippen molar-refractivity contribution in [2.75, 3.05) is 6.61 Å². The normalized spacial score (nSPS) is 12.4. The molecule has 0 aliphatic heterocycles. The number of nitrogens with zero attached hydrogens (tertiary/aromatic N) is 2. The smallest absolute Gasteiger partial charge is 0.124 e. The molecule has 1 atom stereocenters. The van der Waals surface area contributed by atoms with E-state index in [1.165, 1.54) is 0 Å². The third kappa shape index (κ3) is 2.52. The quantitative estimate of drug-likeness (QED) is 0.618. The van der Waals surface area contributed by atoms with Gasteiger partial charge in [0.25, 0.3) is 0 Å². The molecule has 96 valence electrons. The van der Waals surface area contributed by atoms with Crippen LogP contribution in [0.1, 0.15) is 24.2 Å². The number of nitrogens with two attached hydrogens (primary N) is 1. The number of hydrogen-bond donors (Lipinski definition) is 2. The SMILES string of the molecule is CCOc1ccccc1C(NN)c1ccn(C)n1. The second kappa shape index (κ2) is 5.66. The first-order valence-electron chi connectivity index (χ1n) is 5.93. The van der Waals surface area contributed by atoms with E-state index in [0.717, 1.165) is 17.0 Å². The van der Waals surface area contributed by atoms with Gasteiger partial charge in [0.15, 0.2) is 0 Å². The molecule has 0 radical (unpaired) electrons. The topological polar surface area (TPSA) is 65.1 Å². The van der Waals surface area contributed by atoms with Gasteiger partial charge in [-0.2, -0.15) is 5.10 Å². The summed E-state index contributed by atoms with van der Waals surface area (Å²) < 4.78 is 7.37. The van der Waals surface area contributed by atoms with Gasteiger partial charge in [0.2, 0.25) is 0 Å². The summed E-state index contributed by atoms with van der Waals surface area (Å²) in [5.41, 5.74) is 4.65. The summed E-state index contributed by atoms with van der Waals surface area (Å²) in [5, 5.41) is 4.38. The summed E-state index contributed by atoms with van der Waals surface area (Å²) in [6, 6.07) is 9.60. The molecule has 18 heavy (non-hydrogen) atoms. The zero-order chi connectivity index (χ0) is 13.0. The average molecular weight is 246 g/mol. The van der Waals surface area contributed by atoms with Crippen molar-refractivity contribution in [3.63, 3.8) is 0 Å². The van der Waals surface area contributed by atoms with E-state index < -0.39 is 0 Å². The molecule has 0 spiro atoms. The van der Waals surface area contributed by atoms with Gasteiger partial charge >= 0.3 is 0 Å². The molecule has 3 N–H and O–H groups in total. The van der Waals surface area contributed by atoms with E-state index in [-0.39, 0.29) is 6.04 Å². The van der Waals surface area contributed by atoms with Crippen molar-refractivity contribution in [1.29, 1.82) is 0 Å². The Labute approximate surface area is 107 Å². The summed E-state index contributed by atoms with van der Waals surface area (Å²) >= 11 is 0. The Hall–Kier alpha value is -1.85. The third-order valence-corrected chi connectivity index (χ3v) is 2.73. The second-order valence-electron chi connectivity index (χ2n) is 3.98. The molecular formula is C13H18N4O. The van der Waals surface area contributed by atoms with Crippen LogP contribution in [0.3, 0.4) is 0 Å². The van der Waals surface area contributed by atoms with Crippen LogP contribution in [0.5, 0.6) is 5.75 Å². The Balaban J connectivity index is 2.38. The van der Waals surface area contributed by atoms with Crippen molar-refractivity contribution in [3.05, 3.63) is 47.8 Å². The van der Waals surface area contributed by atoms with Gasteiger partial charge in [-0.25, -0.2) is 5.43 Å². The van der Waals surface area contributed by atoms with Gasteiger partial charge in [-0.3, -0.25) is 10.5 Å². The van der Waals surface area contributed by atoms with E-state index >= 15 is 0 Å². The summed E-state index contributed by atoms with van der Waals surface area (Å²) in [6.07, 6.45) is 1.89. The Morgan fingerprint density at radius 1 is 1.39 bits per heavy atom. The molecule has 1 heterocycles. The number of para-hydroxylation sites is 1. The molecule has 1 unspecified atom stereocenters. The molecule has 0 saturated heterocycles. The van der Waals surface area contributed by atoms with Crippen LogP contribution in [0.15, 0.2) is 36.5 Å². The molecular weight excluding hydrogens is 228 g/mol. The number of aryl methyl sites for hydroxylation is 1. The van der Waals surface area contributed by atoms with Gasteiger partial charge in [0.05, 0.1) is 18.3 Å². The molecule has 0 amide bonds. The molecule has 5 nitrogen and oxygen atoms in total. The van der Waals surface area contributed by atoms with Gasteiger partial charge in [-0.15, -0.1) is 0 Å². The van der Waals surface area contributed by atoms with Crippen LogP contribution in [-0.4, -0.2) is 16.4 Å². The molecule has 0 fully saturated rings. The van der Waals surface area contributed by atoms with E-state index in [2.05, 4.69) is 10.5 Å². The minimum absolute atomic E-state index is 0.172. The fourth-order valence-corrected chi connectivity index (χ4v) is 1.93. The van der Waals surface area contributed by atoms with Crippen molar-refractivity contribution in [3.8, 4) is 5.75 Å². The Morgan fingerprint density at radius 3 is 2.78 bits per heavy atom. The minimum Gasteiger partial charge on any atom is -0.494 e. The van der Waals surface area contributed by atoms with Gasteiger partial charge in [-0.05, 0) is 19.1 Å². The number of hydrazine groups is 1. The zero-order valence-corrected chi connectivity index (χ0v) is 10.6. The van der Waals surface area contributed by atoms with E-state index in [4.69, 9.17) is 10.6 Å². The first-order chi connectivity index (χ1) is 8.76. The van der Waals surface area contributed by atoms with Crippen LogP contribution < -0.4 is 16.0 Å². The molecule has 1 aromatic carbocycles. The Kier molecular flexibility index (Phi) is 3.96. The van der Waals surface area contributed by atoms with Crippen LogP contribution in [0.2, 0.25) is 0 Å². The van der Waals surface area contributed by atoms with Crippen molar-refractivity contribution < 1.29 is 4.74 Å². The zero-order valence-electron chi connectivity index (χ0n) is 10.6. The summed E-state index contributed by atoms with van der Waals surface area (Å²) in [5.74, 6) is 6.48. The lowest BCUT2D eigenvalue weighted by Crippen LogP contribution is -2.29. The van der Waals surface area contributed by atoms with Crippen LogP contribution >= 0.6 is 0 Å². The first-order valence-corrected chi connectivity index (χ1v) is 5.93. The van der Waals surface area contributed by atoms with E-state index in [9.17, 15) is 0 Å². The van der Waals surface area contributed by atoms with Crippen molar-refractivity contribution >= 4 is 0 Å². The highest BCUT2D eigenvalue weighted by Crippen LogP contribution is 2.28. The van der Waals surface area contributed by atoms with E-state index in [1.807, 2.05) is 50.5 Å².